The maximum atomic E-state index is 11.7. The zero-order valence-corrected chi connectivity index (χ0v) is 16.8. The summed E-state index contributed by atoms with van der Waals surface area (Å²) in [7, 11) is 0. The Labute approximate surface area is 180 Å². The number of nitrogens with one attached hydrogen (secondary N) is 2. The molecule has 170 valence electrons. The third-order valence-electron chi connectivity index (χ3n) is 3.90. The van der Waals surface area contributed by atoms with Gasteiger partial charge in [0, 0.05) is 12.8 Å². The van der Waals surface area contributed by atoms with Crippen LogP contribution in [0, 0.1) is 20.2 Å². The van der Waals surface area contributed by atoms with Crippen molar-refractivity contribution in [2.24, 2.45) is 10.2 Å². The van der Waals surface area contributed by atoms with Gasteiger partial charge in [0.15, 0.2) is 11.5 Å². The van der Waals surface area contributed by atoms with Crippen LogP contribution < -0.4 is 10.9 Å². The third kappa shape index (κ3) is 8.56. The van der Waals surface area contributed by atoms with Gasteiger partial charge in [-0.25, -0.2) is 10.9 Å². The summed E-state index contributed by atoms with van der Waals surface area (Å²) in [5.74, 6) is -1.17. The number of nitrogens with zero attached hydrogens (tertiary/aromatic N) is 4. The van der Waals surface area contributed by atoms with Gasteiger partial charge in [0.25, 0.3) is 0 Å². The van der Waals surface area contributed by atoms with Crippen molar-refractivity contribution in [3.63, 3.8) is 0 Å². The molecule has 0 fully saturated rings. The number of carbonyl (C=O) groups excluding carboxylic acids is 2. The van der Waals surface area contributed by atoms with Gasteiger partial charge >= 0.3 is 11.8 Å². The fourth-order valence-electron chi connectivity index (χ4n) is 2.39. The lowest BCUT2D eigenvalue weighted by molar-refractivity contribution is -0.402. The molecule has 0 unspecified atom stereocenters. The first-order valence-corrected chi connectivity index (χ1v) is 9.47. The van der Waals surface area contributed by atoms with Gasteiger partial charge in [0.05, 0.1) is 24.6 Å². The summed E-state index contributed by atoms with van der Waals surface area (Å²) in [6.07, 6.45) is 5.47. The molecule has 14 nitrogen and oxygen atoms in total. The van der Waals surface area contributed by atoms with Crippen molar-refractivity contribution >= 4 is 36.0 Å². The van der Waals surface area contributed by atoms with Crippen LogP contribution in [0.4, 0.5) is 11.8 Å². The van der Waals surface area contributed by atoms with Crippen LogP contribution in [0.25, 0.3) is 0 Å². The Balaban J connectivity index is 1.51. The Bertz CT molecular complexity index is 929. The molecule has 2 heterocycles. The Hall–Kier alpha value is -4.36. The van der Waals surface area contributed by atoms with Gasteiger partial charge in [0.1, 0.15) is 9.85 Å². The highest BCUT2D eigenvalue weighted by Crippen LogP contribution is 2.14. The topological polar surface area (TPSA) is 195 Å². The lowest BCUT2D eigenvalue weighted by atomic mass is 10.1. The van der Waals surface area contributed by atoms with E-state index in [-0.39, 0.29) is 36.2 Å². The number of rotatable bonds is 13. The number of unbranched alkanes of at least 4 members (excludes halogenated alkanes) is 3. The quantitative estimate of drug-likeness (QED) is 0.202. The van der Waals surface area contributed by atoms with Gasteiger partial charge in [-0.2, -0.15) is 10.2 Å². The molecule has 14 heteroatoms. The standard InChI is InChI=1S/C18H20N6O8/c25-15(21-19-11-13-7-9-17(31-13)23(27)28)5-3-1-2-4-6-16(26)22-20-12-14-8-10-18(32-14)24(29)30/h7-12H,1-6H2,(H,21,25)(H,22,26). The van der Waals surface area contributed by atoms with E-state index in [0.717, 1.165) is 12.8 Å². The van der Waals surface area contributed by atoms with Crippen molar-refractivity contribution in [2.75, 3.05) is 0 Å². The number of furan rings is 2. The van der Waals surface area contributed by atoms with Crippen LogP contribution in [0.3, 0.4) is 0 Å². The summed E-state index contributed by atoms with van der Waals surface area (Å²) >= 11 is 0. The predicted molar refractivity (Wildman–Crippen MR) is 110 cm³/mol. The minimum atomic E-state index is -0.677. The smallest absolute Gasteiger partial charge is 0.400 e. The molecule has 0 aromatic carbocycles. The van der Waals surface area contributed by atoms with Crippen molar-refractivity contribution in [3.8, 4) is 0 Å². The van der Waals surface area contributed by atoms with E-state index in [1.54, 1.807) is 0 Å². The van der Waals surface area contributed by atoms with E-state index in [4.69, 9.17) is 8.83 Å². The molecule has 2 rings (SSSR count). The summed E-state index contributed by atoms with van der Waals surface area (Å²) in [6.45, 7) is 0. The molecule has 0 aliphatic heterocycles. The van der Waals surface area contributed by atoms with Crippen LogP contribution in [-0.4, -0.2) is 34.1 Å². The van der Waals surface area contributed by atoms with Crippen molar-refractivity contribution in [1.82, 2.24) is 10.9 Å². The highest BCUT2D eigenvalue weighted by Gasteiger charge is 2.11. The Morgan fingerprint density at radius 3 is 1.53 bits per heavy atom. The second-order valence-electron chi connectivity index (χ2n) is 6.37. The maximum Gasteiger partial charge on any atom is 0.433 e. The first kappa shape index (κ1) is 23.9. The fraction of sp³-hybridized carbons (Fsp3) is 0.333. The summed E-state index contributed by atoms with van der Waals surface area (Å²) in [5, 5.41) is 28.3. The number of hydrogen-bond acceptors (Lipinski definition) is 10. The van der Waals surface area contributed by atoms with E-state index in [1.165, 1.54) is 36.7 Å². The second-order valence-corrected chi connectivity index (χ2v) is 6.37. The van der Waals surface area contributed by atoms with Crippen LogP contribution in [0.2, 0.25) is 0 Å². The SMILES string of the molecule is O=C(CCCCCCC(=O)NN=Cc1ccc([N+](=O)[O-])o1)NN=Cc1ccc([N+](=O)[O-])o1. The number of hydrazone groups is 2. The minimum absolute atomic E-state index is 0.144. The lowest BCUT2D eigenvalue weighted by Gasteiger charge is -2.01. The second kappa shape index (κ2) is 12.4. The number of carbonyl (C=O) groups is 2. The summed E-state index contributed by atoms with van der Waals surface area (Å²) in [4.78, 5) is 43.0. The fourth-order valence-corrected chi connectivity index (χ4v) is 2.39. The molecule has 0 aliphatic rings. The van der Waals surface area contributed by atoms with Gasteiger partial charge in [-0.15, -0.1) is 0 Å². The van der Waals surface area contributed by atoms with E-state index in [0.29, 0.717) is 12.8 Å². The van der Waals surface area contributed by atoms with Crippen LogP contribution in [-0.2, 0) is 9.59 Å². The van der Waals surface area contributed by atoms with Crippen molar-refractivity contribution in [3.05, 3.63) is 56.0 Å². The molecule has 0 saturated heterocycles. The molecule has 0 aliphatic carbocycles. The normalized spacial score (nSPS) is 11.1. The minimum Gasteiger partial charge on any atom is -0.400 e. The van der Waals surface area contributed by atoms with Crippen LogP contribution in [0.15, 0.2) is 43.3 Å². The van der Waals surface area contributed by atoms with Crippen LogP contribution in [0.1, 0.15) is 50.0 Å². The first-order valence-electron chi connectivity index (χ1n) is 9.47. The Kier molecular flexibility index (Phi) is 9.24. The summed E-state index contributed by atoms with van der Waals surface area (Å²) in [5.41, 5.74) is 4.60. The highest BCUT2D eigenvalue weighted by atomic mass is 16.7. The first-order chi connectivity index (χ1) is 15.3. The average molecular weight is 448 g/mol. The Morgan fingerprint density at radius 2 is 1.19 bits per heavy atom. The molecular weight excluding hydrogens is 428 g/mol. The third-order valence-corrected chi connectivity index (χ3v) is 3.90. The van der Waals surface area contributed by atoms with E-state index in [9.17, 15) is 29.8 Å². The molecule has 2 aromatic rings. The van der Waals surface area contributed by atoms with Crippen molar-refractivity contribution < 1.29 is 28.3 Å². The van der Waals surface area contributed by atoms with E-state index < -0.39 is 21.6 Å². The molecule has 0 radical (unpaired) electrons. The largest absolute Gasteiger partial charge is 0.433 e. The van der Waals surface area contributed by atoms with Gasteiger partial charge < -0.3 is 8.83 Å². The monoisotopic (exact) mass is 448 g/mol. The van der Waals surface area contributed by atoms with Gasteiger partial charge in [0.2, 0.25) is 11.8 Å². The van der Waals surface area contributed by atoms with Gasteiger partial charge in [-0.3, -0.25) is 29.8 Å². The molecule has 2 amide bonds. The van der Waals surface area contributed by atoms with Gasteiger partial charge in [-0.1, -0.05) is 12.8 Å². The Morgan fingerprint density at radius 1 is 0.781 bits per heavy atom. The van der Waals surface area contributed by atoms with E-state index >= 15 is 0 Å². The molecule has 32 heavy (non-hydrogen) atoms. The molecule has 2 N–H and O–H groups in total. The number of nitro groups is 2. The number of amides is 2. The average Bonchev–Trinajstić information content (AvgIpc) is 3.40. The van der Waals surface area contributed by atoms with Gasteiger partial charge in [-0.05, 0) is 25.0 Å². The molecular formula is C18H20N6O8. The predicted octanol–water partition coefficient (Wildman–Crippen LogP) is 2.63. The van der Waals surface area contributed by atoms with E-state index in [1.807, 2.05) is 0 Å². The lowest BCUT2D eigenvalue weighted by Crippen LogP contribution is -2.17. The summed E-state index contributed by atoms with van der Waals surface area (Å²) < 4.78 is 9.72. The van der Waals surface area contributed by atoms with Crippen LogP contribution in [0.5, 0.6) is 0 Å². The van der Waals surface area contributed by atoms with Crippen molar-refractivity contribution in [1.29, 1.82) is 0 Å². The molecule has 0 saturated carbocycles. The zero-order valence-electron chi connectivity index (χ0n) is 16.8. The van der Waals surface area contributed by atoms with E-state index in [2.05, 4.69) is 21.1 Å². The molecule has 0 atom stereocenters. The maximum absolute atomic E-state index is 11.7. The summed E-state index contributed by atoms with van der Waals surface area (Å²) in [6, 6.07) is 5.09. The molecule has 0 bridgehead atoms. The number of hydrogen-bond donors (Lipinski definition) is 2. The highest BCUT2D eigenvalue weighted by molar-refractivity contribution is 5.81. The molecule has 0 spiro atoms. The van der Waals surface area contributed by atoms with Crippen molar-refractivity contribution in [2.45, 2.75) is 38.5 Å². The zero-order chi connectivity index (χ0) is 23.3. The van der Waals surface area contributed by atoms with Crippen LogP contribution >= 0.6 is 0 Å². The molecule has 2 aromatic heterocycles.